The van der Waals surface area contributed by atoms with E-state index in [1.165, 1.54) is 40.5 Å². The molecule has 4 rings (SSSR count). The fourth-order valence-electron chi connectivity index (χ4n) is 7.58. The molecule has 2 saturated heterocycles. The molecule has 8 atom stereocenters. The van der Waals surface area contributed by atoms with Gasteiger partial charge in [0.1, 0.15) is 48.0 Å². The summed E-state index contributed by atoms with van der Waals surface area (Å²) in [6.45, 7) is -0.438. The van der Waals surface area contributed by atoms with Crippen LogP contribution < -0.4 is 71.6 Å². The number of nitrogens with zero attached hydrogens (tertiary/aromatic N) is 2. The zero-order valence-corrected chi connectivity index (χ0v) is 42.5. The van der Waals surface area contributed by atoms with E-state index in [9.17, 15) is 57.8 Å². The number of phenolic OH excluding ortho intramolecular Hbond substituents is 1. The molecule has 30 heteroatoms. The number of aliphatic imine (C=N–C) groups is 1. The molecule has 0 spiro atoms. The van der Waals surface area contributed by atoms with E-state index in [-0.39, 0.29) is 68.4 Å². The van der Waals surface area contributed by atoms with Crippen LogP contribution in [0.4, 0.5) is 0 Å². The summed E-state index contributed by atoms with van der Waals surface area (Å²) in [5.41, 5.74) is 33.8. The number of hydrogen-bond acceptors (Lipinski definition) is 17. The molecule has 0 saturated carbocycles. The monoisotopic (exact) mass is 1090 g/mol. The van der Waals surface area contributed by atoms with Gasteiger partial charge in [-0.05, 0) is 61.2 Å². The van der Waals surface area contributed by atoms with Gasteiger partial charge in [-0.15, -0.1) is 11.3 Å². The number of phenols is 1. The van der Waals surface area contributed by atoms with E-state index in [1.807, 2.05) is 0 Å². The third kappa shape index (κ3) is 19.7. The summed E-state index contributed by atoms with van der Waals surface area (Å²) >= 11 is 1.26. The topological polar surface area (TPSA) is 464 Å². The second-order valence-corrected chi connectivity index (χ2v) is 20.8. The Hall–Kier alpha value is -7.18. The number of hydrogen-bond donors (Lipinski definition) is 14. The van der Waals surface area contributed by atoms with Gasteiger partial charge in [0.25, 0.3) is 0 Å². The highest BCUT2D eigenvalue weighted by Crippen LogP contribution is 2.26. The van der Waals surface area contributed by atoms with Gasteiger partial charge in [-0.1, -0.05) is 39.8 Å². The normalized spacial score (nSPS) is 22.8. The first-order valence-electron chi connectivity index (χ1n) is 23.2. The minimum atomic E-state index is -1.79. The van der Waals surface area contributed by atoms with Crippen molar-refractivity contribution in [3.05, 3.63) is 52.2 Å². The number of nitrogens with one attached hydrogen (secondary N) is 7. The van der Waals surface area contributed by atoms with Crippen LogP contribution in [0.1, 0.15) is 55.4 Å². The van der Waals surface area contributed by atoms with Crippen LogP contribution in [-0.2, 0) is 65.6 Å². The van der Waals surface area contributed by atoms with Crippen LogP contribution in [0.2, 0.25) is 0 Å². The number of rotatable bonds is 19. The zero-order chi connectivity index (χ0) is 54.5. The van der Waals surface area contributed by atoms with Gasteiger partial charge in [0.15, 0.2) is 5.96 Å². The summed E-state index contributed by atoms with van der Waals surface area (Å²) in [4.78, 5) is 154. The van der Waals surface area contributed by atoms with Crippen molar-refractivity contribution in [3.8, 4) is 5.75 Å². The molecule has 3 heterocycles. The molecule has 0 aliphatic carbocycles. The molecule has 0 bridgehead atoms. The average molecular weight is 1090 g/mol. The Kier molecular flexibility index (Phi) is 23.7. The summed E-state index contributed by atoms with van der Waals surface area (Å²) in [7, 11) is 2.00. The molecule has 2 aromatic rings. The Morgan fingerprint density at radius 2 is 1.38 bits per heavy atom. The average Bonchev–Trinajstić information content (AvgIpc) is 4.06. The molecule has 0 unspecified atom stereocenters. The molecule has 404 valence electrons. The van der Waals surface area contributed by atoms with Gasteiger partial charge in [-0.25, -0.2) is 0 Å². The fraction of sp³-hybridized carbons (Fsp3) is 0.500. The van der Waals surface area contributed by atoms with Crippen molar-refractivity contribution in [2.45, 2.75) is 106 Å². The number of carbonyl (C=O) groups excluding carboxylic acids is 11. The molecule has 1 aromatic carbocycles. The minimum Gasteiger partial charge on any atom is -0.508 e. The third-order valence-electron chi connectivity index (χ3n) is 11.3. The van der Waals surface area contributed by atoms with E-state index in [0.717, 1.165) is 21.6 Å². The van der Waals surface area contributed by atoms with Gasteiger partial charge >= 0.3 is 0 Å². The van der Waals surface area contributed by atoms with Gasteiger partial charge in [-0.3, -0.25) is 57.7 Å². The lowest BCUT2D eigenvalue weighted by molar-refractivity contribution is -0.142. The van der Waals surface area contributed by atoms with Crippen LogP contribution in [0.5, 0.6) is 5.75 Å². The SMILES string of the molecule is NC(=O)CC[C@@H]1NC(=O)[C@H](Cc2cccs2)NC(=O)[C@H](Cc2ccc(O)cc2)NC(=O)[C@@H](N)CSSC[C@@H](C(=O)N2CCC[C@H]2C(=O)N[C@@H](CCCN=C(N)N)C(=O)NCC(N)=O)NC(=O)[C@H](CC(N)=O)NC1=O. The van der Waals surface area contributed by atoms with Gasteiger partial charge in [0.2, 0.25) is 65.0 Å². The molecule has 20 N–H and O–H groups in total. The van der Waals surface area contributed by atoms with E-state index in [0.29, 0.717) is 16.9 Å². The molecule has 27 nitrogen and oxygen atoms in total. The maximum absolute atomic E-state index is 14.6. The van der Waals surface area contributed by atoms with Crippen LogP contribution in [0, 0.1) is 0 Å². The largest absolute Gasteiger partial charge is 0.508 e. The van der Waals surface area contributed by atoms with Gasteiger partial charge in [-0.2, -0.15) is 0 Å². The first-order valence-corrected chi connectivity index (χ1v) is 26.6. The molecule has 0 radical (unpaired) electrons. The summed E-state index contributed by atoms with van der Waals surface area (Å²) in [5.74, 6) is -10.5. The minimum absolute atomic E-state index is 0.00251. The number of primary amides is 3. The summed E-state index contributed by atoms with van der Waals surface area (Å²) < 4.78 is 0. The first kappa shape index (κ1) is 59.4. The molecule has 74 heavy (non-hydrogen) atoms. The van der Waals surface area contributed by atoms with E-state index in [2.05, 4.69) is 42.2 Å². The van der Waals surface area contributed by atoms with Gasteiger partial charge in [0, 0.05) is 48.7 Å². The van der Waals surface area contributed by atoms with Crippen molar-refractivity contribution in [1.29, 1.82) is 0 Å². The molecule has 11 amide bonds. The van der Waals surface area contributed by atoms with Crippen molar-refractivity contribution in [1.82, 2.24) is 42.1 Å². The van der Waals surface area contributed by atoms with Crippen molar-refractivity contribution < 1.29 is 57.8 Å². The Bertz CT molecular complexity index is 2380. The van der Waals surface area contributed by atoms with Crippen molar-refractivity contribution in [2.24, 2.45) is 39.4 Å². The Labute approximate surface area is 436 Å². The van der Waals surface area contributed by atoms with Gasteiger partial charge < -0.3 is 81.6 Å². The molecule has 2 aliphatic rings. The van der Waals surface area contributed by atoms with Crippen molar-refractivity contribution in [2.75, 3.05) is 31.1 Å². The predicted molar refractivity (Wildman–Crippen MR) is 273 cm³/mol. The van der Waals surface area contributed by atoms with E-state index in [4.69, 9.17) is 34.4 Å². The summed E-state index contributed by atoms with van der Waals surface area (Å²) in [5, 5.41) is 29.3. The number of aromatic hydroxyl groups is 1. The lowest BCUT2D eigenvalue weighted by atomic mass is 10.0. The smallest absolute Gasteiger partial charge is 0.246 e. The standard InChI is InChI=1S/C44H63N15O12S3/c45-25-20-73-74-21-31(43(71)59-14-2-6-32(59)42(70)54-26(5-1-13-51-44(49)50)37(65)52-19-35(48)63)58-41(69)30(18-34(47)62)57-38(66)27(11-12-33(46)61)53-40(68)29(17-24-4-3-15-72-24)56-39(67)28(55-36(25)64)16-22-7-9-23(60)10-8-22/h3-4,7-10,15,25-32,60H,1-2,5-6,11-14,16-21,45H2,(H2,46,61)(H2,47,62)(H2,48,63)(H,52,65)(H,53,68)(H,54,70)(H,55,64)(H,56,67)(H,57,66)(H,58,69)(H4,49,50,51)/t25-,26-,27-,28-,29-,30-,31-,32-/m0/s1. The van der Waals surface area contributed by atoms with Crippen LogP contribution >= 0.6 is 32.9 Å². The highest BCUT2D eigenvalue weighted by atomic mass is 33.1. The quantitative estimate of drug-likeness (QED) is 0.0270. The fourth-order valence-corrected chi connectivity index (χ4v) is 10.6. The number of carbonyl (C=O) groups is 11. The summed E-state index contributed by atoms with van der Waals surface area (Å²) in [6, 6.07) is -2.17. The maximum atomic E-state index is 14.6. The molecule has 2 aliphatic heterocycles. The zero-order valence-electron chi connectivity index (χ0n) is 40.1. The molecule has 2 fully saturated rings. The second kappa shape index (κ2) is 29.5. The van der Waals surface area contributed by atoms with Crippen LogP contribution in [0.15, 0.2) is 46.8 Å². The molecule has 1 aromatic heterocycles. The lowest BCUT2D eigenvalue weighted by Crippen LogP contribution is -2.61. The van der Waals surface area contributed by atoms with Crippen LogP contribution in [0.3, 0.4) is 0 Å². The van der Waals surface area contributed by atoms with E-state index >= 15 is 0 Å². The van der Waals surface area contributed by atoms with Crippen molar-refractivity contribution in [3.63, 3.8) is 0 Å². The number of nitrogens with two attached hydrogens (primary N) is 6. The maximum Gasteiger partial charge on any atom is 0.246 e. The molecular weight excluding hydrogens is 1030 g/mol. The molecular formula is C44H63N15O12S3. The number of amides is 11. The summed E-state index contributed by atoms with van der Waals surface area (Å²) in [6.07, 6.45) is -1.31. The Morgan fingerprint density at radius 1 is 0.757 bits per heavy atom. The number of likely N-dealkylation sites (tertiary alicyclic amines) is 1. The van der Waals surface area contributed by atoms with E-state index in [1.54, 1.807) is 17.5 Å². The Morgan fingerprint density at radius 3 is 2.01 bits per heavy atom. The first-order chi connectivity index (χ1) is 35.1. The number of guanidine groups is 1. The lowest BCUT2D eigenvalue weighted by Gasteiger charge is -2.31. The van der Waals surface area contributed by atoms with Crippen LogP contribution in [0.25, 0.3) is 0 Å². The van der Waals surface area contributed by atoms with E-state index < -0.39 is 139 Å². The van der Waals surface area contributed by atoms with Crippen molar-refractivity contribution >= 4 is 104 Å². The highest BCUT2D eigenvalue weighted by Gasteiger charge is 2.40. The predicted octanol–water partition coefficient (Wildman–Crippen LogP) is -5.34. The number of thiophene rings is 1. The third-order valence-corrected chi connectivity index (χ3v) is 14.7. The number of benzene rings is 1. The van der Waals surface area contributed by atoms with Gasteiger partial charge in [0.05, 0.1) is 19.0 Å². The second-order valence-electron chi connectivity index (χ2n) is 17.2. The Balaban J connectivity index is 1.70. The van der Waals surface area contributed by atoms with Crippen LogP contribution in [-0.4, -0.2) is 160 Å². The highest BCUT2D eigenvalue weighted by molar-refractivity contribution is 8.76.